The van der Waals surface area contributed by atoms with E-state index in [0.717, 1.165) is 43.5 Å². The molecule has 5 heteroatoms. The van der Waals surface area contributed by atoms with Crippen LogP contribution in [0.5, 0.6) is 0 Å². The Morgan fingerprint density at radius 1 is 1.08 bits per heavy atom. The maximum absolute atomic E-state index is 12.9. The van der Waals surface area contributed by atoms with E-state index in [4.69, 9.17) is 0 Å². The summed E-state index contributed by atoms with van der Waals surface area (Å²) in [6.07, 6.45) is 6.48. The third-order valence-corrected chi connectivity index (χ3v) is 5.61. The molecule has 24 heavy (non-hydrogen) atoms. The lowest BCUT2D eigenvalue weighted by molar-refractivity contribution is 0.0565. The Bertz CT molecular complexity index is 752. The maximum Gasteiger partial charge on any atom is 0.270 e. The molecule has 1 amide bonds. The van der Waals surface area contributed by atoms with Crippen LogP contribution in [-0.4, -0.2) is 50.9 Å². The summed E-state index contributed by atoms with van der Waals surface area (Å²) in [7, 11) is 0. The van der Waals surface area contributed by atoms with Crippen molar-refractivity contribution in [2.24, 2.45) is 5.92 Å². The number of aromatic nitrogens is 2. The number of carbonyl (C=O) groups is 1. The molecule has 0 unspecified atom stereocenters. The van der Waals surface area contributed by atoms with Crippen molar-refractivity contribution in [1.82, 2.24) is 19.4 Å². The van der Waals surface area contributed by atoms with E-state index in [1.54, 1.807) is 0 Å². The van der Waals surface area contributed by atoms with Crippen LogP contribution in [-0.2, 0) is 6.54 Å². The van der Waals surface area contributed by atoms with Gasteiger partial charge in [-0.2, -0.15) is 0 Å². The van der Waals surface area contributed by atoms with Crippen LogP contribution in [0.1, 0.15) is 35.1 Å². The van der Waals surface area contributed by atoms with Gasteiger partial charge in [0.2, 0.25) is 0 Å². The topological polar surface area (TPSA) is 41.4 Å². The first-order valence-electron chi connectivity index (χ1n) is 8.89. The molecule has 124 valence electrons. The average Bonchev–Trinajstić information content (AvgIpc) is 3.11. The van der Waals surface area contributed by atoms with Gasteiger partial charge in [-0.25, -0.2) is 0 Å². The van der Waals surface area contributed by atoms with E-state index in [2.05, 4.69) is 31.6 Å². The molecular weight excluding hydrogens is 300 g/mol. The van der Waals surface area contributed by atoms with Gasteiger partial charge in [-0.1, -0.05) is 6.07 Å². The molecule has 5 rings (SSSR count). The second kappa shape index (κ2) is 5.45. The van der Waals surface area contributed by atoms with Crippen LogP contribution < -0.4 is 0 Å². The van der Waals surface area contributed by atoms with E-state index >= 15 is 0 Å². The van der Waals surface area contributed by atoms with Crippen LogP contribution in [0.15, 0.2) is 42.7 Å². The number of hydrogen-bond acceptors (Lipinski definition) is 3. The van der Waals surface area contributed by atoms with Gasteiger partial charge in [-0.05, 0) is 43.0 Å². The third-order valence-electron chi connectivity index (χ3n) is 5.61. The molecule has 2 fully saturated rings. The first-order chi connectivity index (χ1) is 11.8. The van der Waals surface area contributed by atoms with E-state index in [1.165, 1.54) is 12.8 Å². The summed E-state index contributed by atoms with van der Waals surface area (Å²) in [5.41, 5.74) is 1.96. The van der Waals surface area contributed by atoms with Gasteiger partial charge < -0.3 is 9.47 Å². The molecule has 2 aromatic heterocycles. The normalized spacial score (nSPS) is 26.5. The van der Waals surface area contributed by atoms with Crippen molar-refractivity contribution in [3.05, 3.63) is 54.1 Å². The van der Waals surface area contributed by atoms with Crippen molar-refractivity contribution in [3.8, 4) is 0 Å². The summed E-state index contributed by atoms with van der Waals surface area (Å²) >= 11 is 0. The lowest BCUT2D eigenvalue weighted by Gasteiger charge is -2.38. The Kier molecular flexibility index (Phi) is 3.23. The number of likely N-dealkylation sites (tertiary alicyclic amines) is 1. The quantitative estimate of drug-likeness (QED) is 0.866. The highest BCUT2D eigenvalue weighted by atomic mass is 16.2. The third kappa shape index (κ3) is 2.35. The Balaban J connectivity index is 1.42. The van der Waals surface area contributed by atoms with Crippen molar-refractivity contribution >= 4 is 5.91 Å². The van der Waals surface area contributed by atoms with E-state index in [-0.39, 0.29) is 5.91 Å². The Morgan fingerprint density at radius 3 is 2.75 bits per heavy atom. The molecule has 1 saturated carbocycles. The molecule has 3 aliphatic rings. The zero-order valence-corrected chi connectivity index (χ0v) is 13.7. The van der Waals surface area contributed by atoms with Gasteiger partial charge in [0.15, 0.2) is 0 Å². The summed E-state index contributed by atoms with van der Waals surface area (Å²) in [6.45, 7) is 3.72. The number of nitrogens with zero attached hydrogens (tertiary/aromatic N) is 4. The Morgan fingerprint density at radius 2 is 1.96 bits per heavy atom. The fourth-order valence-corrected chi connectivity index (χ4v) is 4.24. The molecule has 2 aliphatic heterocycles. The summed E-state index contributed by atoms with van der Waals surface area (Å²) in [4.78, 5) is 22.0. The van der Waals surface area contributed by atoms with Crippen LogP contribution in [0, 0.1) is 5.92 Å². The largest absolute Gasteiger partial charge is 0.337 e. The number of hydrogen-bond donors (Lipinski definition) is 0. The van der Waals surface area contributed by atoms with Crippen LogP contribution in [0.4, 0.5) is 0 Å². The SMILES string of the molecule is O=C1c2cccn2[C@@H]2CN(Cc3ccccn3)C[C@@H]2N1CC1CC1. The summed E-state index contributed by atoms with van der Waals surface area (Å²) in [5, 5.41) is 0. The summed E-state index contributed by atoms with van der Waals surface area (Å²) < 4.78 is 2.20. The van der Waals surface area contributed by atoms with E-state index in [1.807, 2.05) is 30.5 Å². The van der Waals surface area contributed by atoms with Gasteiger partial charge in [-0.15, -0.1) is 0 Å². The minimum Gasteiger partial charge on any atom is -0.337 e. The molecule has 1 aliphatic carbocycles. The maximum atomic E-state index is 12.9. The van der Waals surface area contributed by atoms with Crippen molar-refractivity contribution < 1.29 is 4.79 Å². The van der Waals surface area contributed by atoms with E-state index < -0.39 is 0 Å². The van der Waals surface area contributed by atoms with Crippen LogP contribution >= 0.6 is 0 Å². The molecule has 1 saturated heterocycles. The second-order valence-corrected chi connectivity index (χ2v) is 7.35. The lowest BCUT2D eigenvalue weighted by atomic mass is 10.1. The van der Waals surface area contributed by atoms with Crippen molar-refractivity contribution in [1.29, 1.82) is 0 Å². The first kappa shape index (κ1) is 14.2. The molecule has 2 atom stereocenters. The van der Waals surface area contributed by atoms with Crippen molar-refractivity contribution in [3.63, 3.8) is 0 Å². The molecule has 2 aromatic rings. The fourth-order valence-electron chi connectivity index (χ4n) is 4.24. The molecule has 0 spiro atoms. The summed E-state index contributed by atoms with van der Waals surface area (Å²) in [6, 6.07) is 10.7. The number of carbonyl (C=O) groups excluding carboxylic acids is 1. The van der Waals surface area contributed by atoms with Gasteiger partial charge in [0.05, 0.1) is 17.8 Å². The number of amides is 1. The minimum absolute atomic E-state index is 0.216. The molecule has 0 bridgehead atoms. The van der Waals surface area contributed by atoms with E-state index in [9.17, 15) is 4.79 Å². The predicted molar refractivity (Wildman–Crippen MR) is 90.5 cm³/mol. The minimum atomic E-state index is 0.216. The molecule has 0 aromatic carbocycles. The highest BCUT2D eigenvalue weighted by Gasteiger charge is 2.46. The van der Waals surface area contributed by atoms with Gasteiger partial charge in [0.1, 0.15) is 5.69 Å². The zero-order valence-electron chi connectivity index (χ0n) is 13.7. The monoisotopic (exact) mass is 322 g/mol. The fraction of sp³-hybridized carbons (Fsp3) is 0.474. The average molecular weight is 322 g/mol. The Hall–Kier alpha value is -2.14. The second-order valence-electron chi connectivity index (χ2n) is 7.35. The first-order valence-corrected chi connectivity index (χ1v) is 8.89. The van der Waals surface area contributed by atoms with E-state index in [0.29, 0.717) is 12.1 Å². The van der Waals surface area contributed by atoms with Crippen molar-refractivity contribution in [2.45, 2.75) is 31.5 Å². The predicted octanol–water partition coefficient (Wildman–Crippen LogP) is 2.17. The lowest BCUT2D eigenvalue weighted by Crippen LogP contribution is -2.51. The van der Waals surface area contributed by atoms with Gasteiger partial charge in [0.25, 0.3) is 5.91 Å². The Labute approximate surface area is 141 Å². The van der Waals surface area contributed by atoms with Crippen LogP contribution in [0.2, 0.25) is 0 Å². The zero-order chi connectivity index (χ0) is 16.1. The molecule has 4 heterocycles. The van der Waals surface area contributed by atoms with Crippen molar-refractivity contribution in [2.75, 3.05) is 19.6 Å². The molecule has 5 nitrogen and oxygen atoms in total. The van der Waals surface area contributed by atoms with Gasteiger partial charge in [0, 0.05) is 38.6 Å². The molecular formula is C19H22N4O. The highest BCUT2D eigenvalue weighted by molar-refractivity contribution is 5.94. The summed E-state index contributed by atoms with van der Waals surface area (Å²) in [5.74, 6) is 0.939. The number of rotatable bonds is 4. The van der Waals surface area contributed by atoms with Crippen LogP contribution in [0.3, 0.4) is 0 Å². The molecule has 0 radical (unpaired) electrons. The number of pyridine rings is 1. The van der Waals surface area contributed by atoms with Gasteiger partial charge >= 0.3 is 0 Å². The molecule has 0 N–H and O–H groups in total. The number of fused-ring (bicyclic) bond motifs is 3. The highest BCUT2D eigenvalue weighted by Crippen LogP contribution is 2.38. The standard InChI is InChI=1S/C19H22N4O/c24-19-16-5-3-9-22(16)17-12-21(11-15-4-1-2-8-20-15)13-18(17)23(19)10-14-6-7-14/h1-5,8-9,14,17-18H,6-7,10-13H2/t17-,18+/m1/s1. The smallest absolute Gasteiger partial charge is 0.270 e. The van der Waals surface area contributed by atoms with Gasteiger partial charge in [-0.3, -0.25) is 14.7 Å². The van der Waals surface area contributed by atoms with Crippen LogP contribution in [0.25, 0.3) is 0 Å².